The van der Waals surface area contributed by atoms with Gasteiger partial charge in [-0.2, -0.15) is 13.2 Å². The zero-order valence-corrected chi connectivity index (χ0v) is 10.1. The molecule has 2 rings (SSSR count). The zero-order chi connectivity index (χ0) is 14.2. The maximum atomic E-state index is 13.2. The highest BCUT2D eigenvalue weighted by Gasteiger charge is 2.40. The summed E-state index contributed by atoms with van der Waals surface area (Å²) < 4.78 is 55.7. The Bertz CT molecular complexity index is 492. The monoisotopic (exact) mass is 276 g/mol. The SMILES string of the molecule is COC(=O)C(c1ccc(F)c(C(F)(F)F)c1)C1CC1. The highest BCUT2D eigenvalue weighted by Crippen LogP contribution is 2.44. The van der Waals surface area contributed by atoms with E-state index >= 15 is 0 Å². The van der Waals surface area contributed by atoms with E-state index in [9.17, 15) is 22.4 Å². The summed E-state index contributed by atoms with van der Waals surface area (Å²) in [7, 11) is 1.19. The van der Waals surface area contributed by atoms with Crippen molar-refractivity contribution in [3.63, 3.8) is 0 Å². The van der Waals surface area contributed by atoms with Gasteiger partial charge in [0.25, 0.3) is 0 Å². The van der Waals surface area contributed by atoms with Crippen LogP contribution in [0.15, 0.2) is 18.2 Å². The highest BCUT2D eigenvalue weighted by molar-refractivity contribution is 5.79. The van der Waals surface area contributed by atoms with E-state index in [1.807, 2.05) is 0 Å². The van der Waals surface area contributed by atoms with Gasteiger partial charge >= 0.3 is 12.1 Å². The Labute approximate surface area is 107 Å². The minimum absolute atomic E-state index is 0.0148. The third-order valence-electron chi connectivity index (χ3n) is 3.20. The fraction of sp³-hybridized carbons (Fsp3) is 0.462. The average Bonchev–Trinajstić information content (AvgIpc) is 3.14. The van der Waals surface area contributed by atoms with E-state index in [1.54, 1.807) is 0 Å². The maximum absolute atomic E-state index is 13.2. The number of esters is 1. The first-order valence-electron chi connectivity index (χ1n) is 5.79. The lowest BCUT2D eigenvalue weighted by molar-refractivity contribution is -0.144. The van der Waals surface area contributed by atoms with Crippen LogP contribution in [-0.4, -0.2) is 13.1 Å². The molecule has 0 N–H and O–H groups in total. The van der Waals surface area contributed by atoms with Crippen molar-refractivity contribution >= 4 is 5.97 Å². The van der Waals surface area contributed by atoms with E-state index in [2.05, 4.69) is 4.74 Å². The first kappa shape index (κ1) is 13.8. The molecule has 1 aliphatic carbocycles. The van der Waals surface area contributed by atoms with Crippen LogP contribution in [0.25, 0.3) is 0 Å². The summed E-state index contributed by atoms with van der Waals surface area (Å²) >= 11 is 0. The summed E-state index contributed by atoms with van der Waals surface area (Å²) in [6, 6.07) is 2.66. The lowest BCUT2D eigenvalue weighted by Crippen LogP contribution is -2.18. The van der Waals surface area contributed by atoms with Crippen LogP contribution in [0.2, 0.25) is 0 Å². The Kier molecular flexibility index (Phi) is 3.52. The van der Waals surface area contributed by atoms with E-state index in [1.165, 1.54) is 13.2 Å². The van der Waals surface area contributed by atoms with Crippen molar-refractivity contribution in [2.75, 3.05) is 7.11 Å². The summed E-state index contributed by atoms with van der Waals surface area (Å²) in [5.41, 5.74) is -1.19. The number of halogens is 4. The van der Waals surface area contributed by atoms with E-state index < -0.39 is 29.4 Å². The molecule has 0 heterocycles. The topological polar surface area (TPSA) is 26.3 Å². The molecule has 104 valence electrons. The van der Waals surface area contributed by atoms with Crippen LogP contribution in [0, 0.1) is 11.7 Å². The van der Waals surface area contributed by atoms with Gasteiger partial charge in [0, 0.05) is 0 Å². The Morgan fingerprint density at radius 2 is 2.00 bits per heavy atom. The predicted molar refractivity (Wildman–Crippen MR) is 58.9 cm³/mol. The first-order chi connectivity index (χ1) is 8.84. The summed E-state index contributed by atoms with van der Waals surface area (Å²) in [6.07, 6.45) is -3.25. The molecular formula is C13H12F4O2. The molecule has 0 aliphatic heterocycles. The van der Waals surface area contributed by atoms with Crippen molar-refractivity contribution < 1.29 is 27.1 Å². The van der Waals surface area contributed by atoms with Gasteiger partial charge < -0.3 is 4.74 Å². The molecule has 0 radical (unpaired) electrons. The molecule has 1 saturated carbocycles. The fourth-order valence-corrected chi connectivity index (χ4v) is 2.11. The average molecular weight is 276 g/mol. The smallest absolute Gasteiger partial charge is 0.419 e. The number of benzene rings is 1. The van der Waals surface area contributed by atoms with Gasteiger partial charge in [0.15, 0.2) is 0 Å². The van der Waals surface area contributed by atoms with Crippen molar-refractivity contribution in [2.24, 2.45) is 5.92 Å². The van der Waals surface area contributed by atoms with Crippen LogP contribution < -0.4 is 0 Å². The second-order valence-electron chi connectivity index (χ2n) is 4.58. The number of hydrogen-bond acceptors (Lipinski definition) is 2. The molecule has 0 saturated heterocycles. The second-order valence-corrected chi connectivity index (χ2v) is 4.58. The van der Waals surface area contributed by atoms with E-state index in [0.717, 1.165) is 18.9 Å². The Morgan fingerprint density at radius 1 is 1.37 bits per heavy atom. The van der Waals surface area contributed by atoms with Gasteiger partial charge in [-0.25, -0.2) is 4.39 Å². The molecular weight excluding hydrogens is 264 g/mol. The molecule has 19 heavy (non-hydrogen) atoms. The summed E-state index contributed by atoms with van der Waals surface area (Å²) in [6.45, 7) is 0. The van der Waals surface area contributed by atoms with Crippen molar-refractivity contribution in [1.29, 1.82) is 0 Å². The fourth-order valence-electron chi connectivity index (χ4n) is 2.11. The van der Waals surface area contributed by atoms with Crippen LogP contribution in [0.1, 0.15) is 29.9 Å². The molecule has 1 unspecified atom stereocenters. The van der Waals surface area contributed by atoms with Gasteiger partial charge in [-0.1, -0.05) is 6.07 Å². The van der Waals surface area contributed by atoms with Gasteiger partial charge in [-0.15, -0.1) is 0 Å². The Morgan fingerprint density at radius 3 is 2.47 bits per heavy atom. The minimum Gasteiger partial charge on any atom is -0.469 e. The van der Waals surface area contributed by atoms with Crippen LogP contribution in [0.5, 0.6) is 0 Å². The van der Waals surface area contributed by atoms with Gasteiger partial charge in [0.2, 0.25) is 0 Å². The van der Waals surface area contributed by atoms with Crippen LogP contribution in [-0.2, 0) is 15.7 Å². The third-order valence-corrected chi connectivity index (χ3v) is 3.20. The Hall–Kier alpha value is -1.59. The molecule has 0 aromatic heterocycles. The van der Waals surface area contributed by atoms with Crippen molar-refractivity contribution in [3.05, 3.63) is 35.1 Å². The van der Waals surface area contributed by atoms with E-state index in [-0.39, 0.29) is 11.5 Å². The minimum atomic E-state index is -4.77. The van der Waals surface area contributed by atoms with Gasteiger partial charge in [0.1, 0.15) is 5.82 Å². The molecule has 1 aromatic carbocycles. The normalized spacial score (nSPS) is 17.1. The Balaban J connectivity index is 2.41. The zero-order valence-electron chi connectivity index (χ0n) is 10.1. The second kappa shape index (κ2) is 4.83. The lowest BCUT2D eigenvalue weighted by atomic mass is 9.92. The van der Waals surface area contributed by atoms with Gasteiger partial charge in [-0.3, -0.25) is 4.79 Å². The number of ether oxygens (including phenoxy) is 1. The first-order valence-corrected chi connectivity index (χ1v) is 5.79. The molecule has 6 heteroatoms. The number of methoxy groups -OCH3 is 1. The van der Waals surface area contributed by atoms with Crippen molar-refractivity contribution in [1.82, 2.24) is 0 Å². The lowest BCUT2D eigenvalue weighted by Gasteiger charge is -2.16. The maximum Gasteiger partial charge on any atom is 0.419 e. The molecule has 1 fully saturated rings. The standard InChI is InChI=1S/C13H12F4O2/c1-19-12(18)11(7-2-3-7)8-4-5-10(14)9(6-8)13(15,16)17/h4-7,11H,2-3H2,1H3. The van der Waals surface area contributed by atoms with Crippen LogP contribution in [0.3, 0.4) is 0 Å². The third kappa shape index (κ3) is 2.88. The number of carbonyl (C=O) groups is 1. The van der Waals surface area contributed by atoms with Gasteiger partial charge in [-0.05, 0) is 36.5 Å². The summed E-state index contributed by atoms with van der Waals surface area (Å²) in [4.78, 5) is 11.6. The van der Waals surface area contributed by atoms with E-state index in [0.29, 0.717) is 6.07 Å². The molecule has 0 amide bonds. The van der Waals surface area contributed by atoms with Crippen LogP contribution in [0.4, 0.5) is 17.6 Å². The number of hydrogen-bond donors (Lipinski definition) is 0. The van der Waals surface area contributed by atoms with Gasteiger partial charge in [0.05, 0.1) is 18.6 Å². The molecule has 1 aliphatic rings. The molecule has 0 bridgehead atoms. The molecule has 1 atom stereocenters. The van der Waals surface area contributed by atoms with Crippen molar-refractivity contribution in [2.45, 2.75) is 24.9 Å². The quantitative estimate of drug-likeness (QED) is 0.623. The molecule has 2 nitrogen and oxygen atoms in total. The van der Waals surface area contributed by atoms with Crippen molar-refractivity contribution in [3.8, 4) is 0 Å². The molecule has 1 aromatic rings. The highest BCUT2D eigenvalue weighted by atomic mass is 19.4. The predicted octanol–water partition coefficient (Wildman–Crippen LogP) is 3.51. The largest absolute Gasteiger partial charge is 0.469 e. The molecule has 0 spiro atoms. The number of carbonyl (C=O) groups excluding carboxylic acids is 1. The van der Waals surface area contributed by atoms with Crippen LogP contribution >= 0.6 is 0 Å². The van der Waals surface area contributed by atoms with E-state index in [4.69, 9.17) is 0 Å². The summed E-state index contributed by atoms with van der Waals surface area (Å²) in [5, 5.41) is 0. The number of alkyl halides is 3. The number of rotatable bonds is 3. The summed E-state index contributed by atoms with van der Waals surface area (Å²) in [5.74, 6) is -2.68.